The zero-order valence-electron chi connectivity index (χ0n) is 16.4. The average molecular weight is 371 g/mol. The van der Waals surface area contributed by atoms with Crippen LogP contribution in [0.25, 0.3) is 0 Å². The summed E-state index contributed by atoms with van der Waals surface area (Å²) in [6.45, 7) is 6.03. The van der Waals surface area contributed by atoms with Gasteiger partial charge in [-0.25, -0.2) is 4.79 Å². The largest absolute Gasteiger partial charge is 0.348 e. The van der Waals surface area contributed by atoms with Crippen LogP contribution in [-0.2, 0) is 16.0 Å². The van der Waals surface area contributed by atoms with E-state index in [1.807, 2.05) is 19.1 Å². The summed E-state index contributed by atoms with van der Waals surface area (Å²) in [6.07, 6.45) is 4.20. The molecule has 1 spiro atoms. The van der Waals surface area contributed by atoms with Gasteiger partial charge in [0.05, 0.1) is 6.04 Å². The van der Waals surface area contributed by atoms with Crippen LogP contribution in [-0.4, -0.2) is 34.8 Å². The minimum Gasteiger partial charge on any atom is -0.348 e. The molecule has 1 atom stereocenters. The van der Waals surface area contributed by atoms with E-state index in [9.17, 15) is 14.4 Å². The lowest BCUT2D eigenvalue weighted by Crippen LogP contribution is -2.45. The van der Waals surface area contributed by atoms with Crippen molar-refractivity contribution in [2.75, 3.05) is 6.54 Å². The van der Waals surface area contributed by atoms with Gasteiger partial charge in [0.15, 0.2) is 0 Å². The van der Waals surface area contributed by atoms with Crippen molar-refractivity contribution in [2.45, 2.75) is 64.5 Å². The second-order valence-electron chi connectivity index (χ2n) is 8.24. The van der Waals surface area contributed by atoms with E-state index in [0.717, 1.165) is 29.7 Å². The van der Waals surface area contributed by atoms with E-state index in [0.29, 0.717) is 18.8 Å². The van der Waals surface area contributed by atoms with Gasteiger partial charge in [-0.05, 0) is 43.2 Å². The average Bonchev–Trinajstić information content (AvgIpc) is 3.16. The smallest absolute Gasteiger partial charge is 0.325 e. The maximum atomic E-state index is 12.6. The molecule has 1 heterocycles. The van der Waals surface area contributed by atoms with Gasteiger partial charge in [-0.2, -0.15) is 0 Å². The second-order valence-corrected chi connectivity index (χ2v) is 8.24. The summed E-state index contributed by atoms with van der Waals surface area (Å²) in [5.74, 6) is 0.0124. The van der Waals surface area contributed by atoms with E-state index in [4.69, 9.17) is 0 Å². The number of hydrogen-bond acceptors (Lipinski definition) is 3. The molecule has 2 N–H and O–H groups in total. The van der Waals surface area contributed by atoms with E-state index < -0.39 is 11.6 Å². The van der Waals surface area contributed by atoms with Gasteiger partial charge >= 0.3 is 6.03 Å². The number of carbonyl (C=O) groups is 3. The summed E-state index contributed by atoms with van der Waals surface area (Å²) in [6, 6.07) is 7.56. The van der Waals surface area contributed by atoms with Crippen molar-refractivity contribution >= 4 is 17.8 Å². The maximum absolute atomic E-state index is 12.6. The molecule has 0 aromatic heterocycles. The highest BCUT2D eigenvalue weighted by molar-refractivity contribution is 6.09. The SMILES string of the molecule is CC(C)Cc1ccc([C@@H](C)NC(=O)CN2C(=O)NC3(CCCC3)C2=O)cc1. The monoisotopic (exact) mass is 371 g/mol. The summed E-state index contributed by atoms with van der Waals surface area (Å²) in [5.41, 5.74) is 1.50. The van der Waals surface area contributed by atoms with E-state index in [1.54, 1.807) is 0 Å². The first-order valence-corrected chi connectivity index (χ1v) is 9.83. The Bertz CT molecular complexity index is 721. The number of nitrogens with one attached hydrogen (secondary N) is 2. The number of carbonyl (C=O) groups excluding carboxylic acids is 3. The Morgan fingerprint density at radius 3 is 2.37 bits per heavy atom. The molecule has 2 aliphatic rings. The van der Waals surface area contributed by atoms with Gasteiger partial charge in [0.25, 0.3) is 5.91 Å². The number of rotatable bonds is 6. The van der Waals surface area contributed by atoms with E-state index in [1.165, 1.54) is 5.56 Å². The van der Waals surface area contributed by atoms with Gasteiger partial charge in [-0.3, -0.25) is 14.5 Å². The minimum absolute atomic E-state index is 0.188. The van der Waals surface area contributed by atoms with Crippen LogP contribution in [0, 0.1) is 5.92 Å². The molecule has 6 heteroatoms. The molecule has 1 saturated heterocycles. The molecule has 0 radical (unpaired) electrons. The standard InChI is InChI=1S/C21H29N3O3/c1-14(2)12-16-6-8-17(9-7-16)15(3)22-18(25)13-24-19(26)21(23-20(24)27)10-4-5-11-21/h6-9,14-15H,4-5,10-13H2,1-3H3,(H,22,25)(H,23,27)/t15-/m1/s1. The second kappa shape index (κ2) is 7.71. The third-order valence-electron chi connectivity index (χ3n) is 5.51. The van der Waals surface area contributed by atoms with E-state index in [2.05, 4.69) is 36.6 Å². The Kier molecular flexibility index (Phi) is 5.53. The topological polar surface area (TPSA) is 78.5 Å². The quantitative estimate of drug-likeness (QED) is 0.755. The van der Waals surface area contributed by atoms with Crippen LogP contribution in [0.5, 0.6) is 0 Å². The summed E-state index contributed by atoms with van der Waals surface area (Å²) >= 11 is 0. The summed E-state index contributed by atoms with van der Waals surface area (Å²) in [7, 11) is 0. The van der Waals surface area contributed by atoms with Crippen molar-refractivity contribution in [3.05, 3.63) is 35.4 Å². The summed E-state index contributed by atoms with van der Waals surface area (Å²) in [5, 5.41) is 5.69. The molecule has 1 saturated carbocycles. The molecule has 1 aliphatic heterocycles. The van der Waals surface area contributed by atoms with E-state index >= 15 is 0 Å². The zero-order chi connectivity index (χ0) is 19.6. The van der Waals surface area contributed by atoms with Gasteiger partial charge in [-0.15, -0.1) is 0 Å². The van der Waals surface area contributed by atoms with Gasteiger partial charge in [0.2, 0.25) is 5.91 Å². The lowest BCUT2D eigenvalue weighted by Gasteiger charge is -2.20. The predicted molar refractivity (Wildman–Crippen MR) is 103 cm³/mol. The van der Waals surface area contributed by atoms with Crippen LogP contribution in [0.2, 0.25) is 0 Å². The molecular formula is C21H29N3O3. The molecule has 2 fully saturated rings. The Morgan fingerprint density at radius 1 is 1.15 bits per heavy atom. The van der Waals surface area contributed by atoms with Crippen LogP contribution in [0.3, 0.4) is 0 Å². The minimum atomic E-state index is -0.769. The van der Waals surface area contributed by atoms with Gasteiger partial charge in [0, 0.05) is 0 Å². The number of hydrogen-bond donors (Lipinski definition) is 2. The van der Waals surface area contributed by atoms with Crippen molar-refractivity contribution in [2.24, 2.45) is 5.92 Å². The Labute approximate surface area is 160 Å². The fraction of sp³-hybridized carbons (Fsp3) is 0.571. The van der Waals surface area contributed by atoms with E-state index in [-0.39, 0.29) is 24.4 Å². The van der Waals surface area contributed by atoms with Gasteiger partial charge < -0.3 is 10.6 Å². The molecule has 6 nitrogen and oxygen atoms in total. The normalized spacial score (nSPS) is 19.6. The number of urea groups is 1. The molecule has 3 rings (SSSR count). The van der Waals surface area contributed by atoms with Crippen molar-refractivity contribution in [1.29, 1.82) is 0 Å². The van der Waals surface area contributed by atoms with Crippen molar-refractivity contribution in [3.63, 3.8) is 0 Å². The predicted octanol–water partition coefficient (Wildman–Crippen LogP) is 2.93. The first-order valence-electron chi connectivity index (χ1n) is 9.83. The van der Waals surface area contributed by atoms with Crippen LogP contribution in [0.1, 0.15) is 63.6 Å². The van der Waals surface area contributed by atoms with Gasteiger partial charge in [-0.1, -0.05) is 51.0 Å². The van der Waals surface area contributed by atoms with Crippen molar-refractivity contribution in [3.8, 4) is 0 Å². The highest BCUT2D eigenvalue weighted by atomic mass is 16.2. The molecule has 146 valence electrons. The Hall–Kier alpha value is -2.37. The molecule has 1 aromatic carbocycles. The molecule has 1 aliphatic carbocycles. The third-order valence-corrected chi connectivity index (χ3v) is 5.51. The Balaban J connectivity index is 1.57. The van der Waals surface area contributed by atoms with Gasteiger partial charge in [0.1, 0.15) is 12.1 Å². The van der Waals surface area contributed by atoms with Crippen LogP contribution < -0.4 is 10.6 Å². The van der Waals surface area contributed by atoms with Crippen molar-refractivity contribution in [1.82, 2.24) is 15.5 Å². The maximum Gasteiger partial charge on any atom is 0.325 e. The highest BCUT2D eigenvalue weighted by Gasteiger charge is 2.52. The van der Waals surface area contributed by atoms with Crippen molar-refractivity contribution < 1.29 is 14.4 Å². The molecule has 0 bridgehead atoms. The first-order chi connectivity index (χ1) is 12.8. The fourth-order valence-corrected chi connectivity index (χ4v) is 4.07. The molecule has 0 unspecified atom stereocenters. The van der Waals surface area contributed by atoms with Crippen LogP contribution >= 0.6 is 0 Å². The molecular weight excluding hydrogens is 342 g/mol. The number of amides is 4. The lowest BCUT2D eigenvalue weighted by atomic mass is 9.98. The Morgan fingerprint density at radius 2 is 1.78 bits per heavy atom. The molecule has 27 heavy (non-hydrogen) atoms. The first kappa shape index (κ1) is 19.4. The number of nitrogens with zero attached hydrogens (tertiary/aromatic N) is 1. The van der Waals surface area contributed by atoms with Crippen LogP contribution in [0.15, 0.2) is 24.3 Å². The zero-order valence-corrected chi connectivity index (χ0v) is 16.4. The number of imide groups is 1. The third kappa shape index (κ3) is 4.15. The molecule has 4 amide bonds. The summed E-state index contributed by atoms with van der Waals surface area (Å²) in [4.78, 5) is 38.3. The molecule has 1 aromatic rings. The highest BCUT2D eigenvalue weighted by Crippen LogP contribution is 2.34. The summed E-state index contributed by atoms with van der Waals surface area (Å²) < 4.78 is 0. The van der Waals surface area contributed by atoms with Crippen LogP contribution in [0.4, 0.5) is 4.79 Å². The number of benzene rings is 1. The lowest BCUT2D eigenvalue weighted by molar-refractivity contribution is -0.135. The fourth-order valence-electron chi connectivity index (χ4n) is 4.07.